The van der Waals surface area contributed by atoms with Crippen LogP contribution in [-0.2, 0) is 0 Å². The van der Waals surface area contributed by atoms with Crippen LogP contribution in [0.2, 0.25) is 0 Å². The van der Waals surface area contributed by atoms with E-state index in [1.165, 1.54) is 5.54 Å². The Morgan fingerprint density at radius 2 is 2.29 bits per heavy atom. The van der Waals surface area contributed by atoms with E-state index in [9.17, 15) is 0 Å². The van der Waals surface area contributed by atoms with Gasteiger partial charge in [-0.05, 0) is 43.2 Å². The molecule has 14 heavy (non-hydrogen) atoms. The Hall–Kier alpha value is -1.15. The molecule has 0 aromatic heterocycles. The van der Waals surface area contributed by atoms with Gasteiger partial charge < -0.3 is 10.5 Å². The summed E-state index contributed by atoms with van der Waals surface area (Å²) in [5, 5.41) is 0. The van der Waals surface area contributed by atoms with Gasteiger partial charge in [-0.1, -0.05) is 11.6 Å². The molecule has 76 valence electrons. The molecule has 0 bridgehead atoms. The first-order valence-corrected chi connectivity index (χ1v) is 4.82. The number of benzene rings is 1. The first kappa shape index (κ1) is 10.9. The fourth-order valence-electron chi connectivity index (χ4n) is 0.967. The van der Waals surface area contributed by atoms with Crippen LogP contribution in [0.1, 0.15) is 12.5 Å². The first-order valence-electron chi connectivity index (χ1n) is 4.38. The van der Waals surface area contributed by atoms with E-state index >= 15 is 0 Å². The van der Waals surface area contributed by atoms with Crippen LogP contribution in [0, 0.1) is 6.92 Å². The molecule has 2 N–H and O–H groups in total. The van der Waals surface area contributed by atoms with Crippen molar-refractivity contribution in [3.8, 4) is 5.75 Å². The van der Waals surface area contributed by atoms with E-state index < -0.39 is 0 Å². The summed E-state index contributed by atoms with van der Waals surface area (Å²) in [7, 11) is 0. The maximum absolute atomic E-state index is 5.68. The molecule has 0 fully saturated rings. The summed E-state index contributed by atoms with van der Waals surface area (Å²) in [5.74, 6) is 0.814. The number of nitrogens with two attached hydrogens (primary N) is 1. The largest absolute Gasteiger partial charge is 0.489 e. The van der Waals surface area contributed by atoms with E-state index in [1.54, 1.807) is 0 Å². The lowest BCUT2D eigenvalue weighted by Crippen LogP contribution is -1.99. The van der Waals surface area contributed by atoms with Gasteiger partial charge in [0.05, 0.1) is 0 Å². The summed E-state index contributed by atoms with van der Waals surface area (Å²) in [5.41, 5.74) is 9.99. The molecule has 0 aliphatic heterocycles. The summed E-state index contributed by atoms with van der Waals surface area (Å²) in [6, 6.07) is 5.60. The third-order valence-electron chi connectivity index (χ3n) is 1.89. The SMILES string of the molecule is C/C(=C/Cl)COc1ccc(N)c(C)c1. The van der Waals surface area contributed by atoms with Crippen molar-refractivity contribution in [2.75, 3.05) is 12.3 Å². The zero-order valence-corrected chi connectivity index (χ0v) is 9.14. The van der Waals surface area contributed by atoms with E-state index in [-0.39, 0.29) is 0 Å². The third kappa shape index (κ3) is 2.96. The van der Waals surface area contributed by atoms with Crippen molar-refractivity contribution in [2.24, 2.45) is 0 Å². The molecule has 0 aliphatic carbocycles. The normalized spacial score (nSPS) is 11.5. The van der Waals surface area contributed by atoms with Crippen LogP contribution < -0.4 is 10.5 Å². The van der Waals surface area contributed by atoms with Gasteiger partial charge in [0.15, 0.2) is 0 Å². The van der Waals surface area contributed by atoms with Crippen molar-refractivity contribution in [2.45, 2.75) is 13.8 Å². The summed E-state index contributed by atoms with van der Waals surface area (Å²) in [4.78, 5) is 0. The van der Waals surface area contributed by atoms with Crippen LogP contribution in [0.15, 0.2) is 29.3 Å². The minimum absolute atomic E-state index is 0.507. The van der Waals surface area contributed by atoms with Gasteiger partial charge in [0.25, 0.3) is 0 Å². The second-order valence-corrected chi connectivity index (χ2v) is 3.48. The van der Waals surface area contributed by atoms with Gasteiger partial charge >= 0.3 is 0 Å². The molecule has 2 nitrogen and oxygen atoms in total. The van der Waals surface area contributed by atoms with E-state index in [2.05, 4.69) is 0 Å². The predicted molar refractivity (Wildman–Crippen MR) is 60.7 cm³/mol. The quantitative estimate of drug-likeness (QED) is 0.780. The number of halogens is 1. The average molecular weight is 212 g/mol. The van der Waals surface area contributed by atoms with Gasteiger partial charge in [0.2, 0.25) is 0 Å². The molecular formula is C11H14ClNO. The van der Waals surface area contributed by atoms with Crippen LogP contribution in [0.25, 0.3) is 0 Å². The number of nitrogen functional groups attached to an aromatic ring is 1. The molecule has 1 rings (SSSR count). The highest BCUT2D eigenvalue weighted by atomic mass is 35.5. The highest BCUT2D eigenvalue weighted by Crippen LogP contribution is 2.18. The minimum Gasteiger partial charge on any atom is -0.489 e. The fourth-order valence-corrected chi connectivity index (χ4v) is 1.03. The van der Waals surface area contributed by atoms with Crippen molar-refractivity contribution >= 4 is 17.3 Å². The fraction of sp³-hybridized carbons (Fsp3) is 0.273. The topological polar surface area (TPSA) is 35.2 Å². The minimum atomic E-state index is 0.507. The lowest BCUT2D eigenvalue weighted by molar-refractivity contribution is 0.352. The van der Waals surface area contributed by atoms with Crippen LogP contribution >= 0.6 is 11.6 Å². The monoisotopic (exact) mass is 211 g/mol. The van der Waals surface area contributed by atoms with Crippen LogP contribution in [0.5, 0.6) is 5.75 Å². The predicted octanol–water partition coefficient (Wildman–Crippen LogP) is 3.10. The Kier molecular flexibility index (Phi) is 3.84. The van der Waals surface area contributed by atoms with Crippen LogP contribution in [0.3, 0.4) is 0 Å². The number of hydrogen-bond acceptors (Lipinski definition) is 2. The van der Waals surface area contributed by atoms with E-state index in [0.29, 0.717) is 6.61 Å². The Morgan fingerprint density at radius 1 is 1.57 bits per heavy atom. The highest BCUT2D eigenvalue weighted by Gasteiger charge is 1.97. The Balaban J connectivity index is 2.64. The molecule has 0 amide bonds. The first-order chi connectivity index (χ1) is 6.63. The smallest absolute Gasteiger partial charge is 0.120 e. The average Bonchev–Trinajstić information content (AvgIpc) is 2.19. The van der Waals surface area contributed by atoms with Gasteiger partial charge in [0, 0.05) is 11.2 Å². The molecule has 0 saturated heterocycles. The summed E-state index contributed by atoms with van der Waals surface area (Å²) < 4.78 is 5.49. The maximum atomic E-state index is 5.68. The van der Waals surface area contributed by atoms with Crippen molar-refractivity contribution in [3.63, 3.8) is 0 Å². The number of rotatable bonds is 3. The highest BCUT2D eigenvalue weighted by molar-refractivity contribution is 6.25. The van der Waals surface area contributed by atoms with Crippen molar-refractivity contribution < 1.29 is 4.74 Å². The van der Waals surface area contributed by atoms with Crippen molar-refractivity contribution in [1.82, 2.24) is 0 Å². The second-order valence-electron chi connectivity index (χ2n) is 3.26. The van der Waals surface area contributed by atoms with Crippen LogP contribution in [0.4, 0.5) is 5.69 Å². The molecule has 0 atom stereocenters. The Bertz CT molecular complexity index is 347. The van der Waals surface area contributed by atoms with E-state index in [0.717, 1.165) is 22.6 Å². The molecular weight excluding hydrogens is 198 g/mol. The van der Waals surface area contributed by atoms with Crippen molar-refractivity contribution in [3.05, 3.63) is 34.9 Å². The zero-order valence-electron chi connectivity index (χ0n) is 8.38. The number of anilines is 1. The Labute approximate surface area is 89.3 Å². The second kappa shape index (κ2) is 4.91. The molecule has 0 spiro atoms. The maximum Gasteiger partial charge on any atom is 0.120 e. The lowest BCUT2D eigenvalue weighted by atomic mass is 10.2. The van der Waals surface area contributed by atoms with Gasteiger partial charge in [0.1, 0.15) is 12.4 Å². The van der Waals surface area contributed by atoms with Crippen LogP contribution in [-0.4, -0.2) is 6.61 Å². The number of hydrogen-bond donors (Lipinski definition) is 1. The van der Waals surface area contributed by atoms with Gasteiger partial charge in [-0.2, -0.15) is 0 Å². The molecule has 3 heteroatoms. The molecule has 0 aliphatic rings. The standard InChI is InChI=1S/C11H14ClNO/c1-8(6-12)7-14-10-3-4-11(13)9(2)5-10/h3-6H,7,13H2,1-2H3/b8-6-. The molecule has 1 aromatic rings. The Morgan fingerprint density at radius 3 is 2.86 bits per heavy atom. The molecule has 0 heterocycles. The number of ether oxygens (including phenoxy) is 1. The third-order valence-corrected chi connectivity index (χ3v) is 2.27. The zero-order chi connectivity index (χ0) is 10.6. The molecule has 0 saturated carbocycles. The van der Waals surface area contributed by atoms with Crippen molar-refractivity contribution in [1.29, 1.82) is 0 Å². The molecule has 0 radical (unpaired) electrons. The van der Waals surface area contributed by atoms with Gasteiger partial charge in [-0.15, -0.1) is 0 Å². The number of aryl methyl sites for hydroxylation is 1. The summed E-state index contributed by atoms with van der Waals surface area (Å²) >= 11 is 5.51. The molecule has 1 aromatic carbocycles. The van der Waals surface area contributed by atoms with Gasteiger partial charge in [-0.25, -0.2) is 0 Å². The van der Waals surface area contributed by atoms with Gasteiger partial charge in [-0.3, -0.25) is 0 Å². The molecule has 0 unspecified atom stereocenters. The van der Waals surface area contributed by atoms with E-state index in [1.807, 2.05) is 32.0 Å². The van der Waals surface area contributed by atoms with E-state index in [4.69, 9.17) is 22.1 Å². The summed E-state index contributed by atoms with van der Waals surface area (Å²) in [6.45, 7) is 4.37. The lowest BCUT2D eigenvalue weighted by Gasteiger charge is -2.07. The summed E-state index contributed by atoms with van der Waals surface area (Å²) in [6.07, 6.45) is 0.